The molecule has 3 N–H and O–H groups in total. The van der Waals surface area contributed by atoms with Gasteiger partial charge in [0.1, 0.15) is 17.5 Å². The second-order valence-electron chi connectivity index (χ2n) is 7.42. The monoisotopic (exact) mass is 397 g/mol. The van der Waals surface area contributed by atoms with Crippen LogP contribution >= 0.6 is 0 Å². The van der Waals surface area contributed by atoms with Gasteiger partial charge in [-0.15, -0.1) is 10.2 Å². The number of aliphatic imine (C=N–C) groups is 1. The Morgan fingerprint density at radius 3 is 2.90 bits per heavy atom. The molecule has 1 aliphatic heterocycles. The van der Waals surface area contributed by atoms with E-state index in [1.807, 2.05) is 6.20 Å². The molecular formula is C21H28FN7. The molecule has 7 nitrogen and oxygen atoms in total. The van der Waals surface area contributed by atoms with Gasteiger partial charge in [0.2, 0.25) is 0 Å². The van der Waals surface area contributed by atoms with Crippen molar-refractivity contribution in [1.29, 1.82) is 0 Å². The number of hydrogen-bond acceptors (Lipinski definition) is 3. The lowest BCUT2D eigenvalue weighted by atomic mass is 10.1. The van der Waals surface area contributed by atoms with E-state index in [0.717, 1.165) is 66.4 Å². The minimum Gasteiger partial charge on any atom is -0.361 e. The van der Waals surface area contributed by atoms with E-state index in [-0.39, 0.29) is 5.82 Å². The predicted octanol–water partition coefficient (Wildman–Crippen LogP) is 2.58. The third kappa shape index (κ3) is 4.58. The van der Waals surface area contributed by atoms with Crippen molar-refractivity contribution < 1.29 is 4.39 Å². The highest BCUT2D eigenvalue weighted by Gasteiger charge is 2.14. The van der Waals surface area contributed by atoms with Gasteiger partial charge in [0.05, 0.1) is 0 Å². The Hall–Kier alpha value is -2.90. The number of aromatic nitrogens is 4. The Kier molecular flexibility index (Phi) is 6.07. The summed E-state index contributed by atoms with van der Waals surface area (Å²) >= 11 is 0. The number of hydrogen-bond donors (Lipinski definition) is 3. The van der Waals surface area contributed by atoms with Crippen LogP contribution in [0.3, 0.4) is 0 Å². The van der Waals surface area contributed by atoms with Crippen LogP contribution in [0.15, 0.2) is 29.4 Å². The summed E-state index contributed by atoms with van der Waals surface area (Å²) in [5.41, 5.74) is 2.05. The average molecular weight is 398 g/mol. The maximum Gasteiger partial charge on any atom is 0.191 e. The largest absolute Gasteiger partial charge is 0.361 e. The number of H-pyrrole nitrogens is 1. The molecule has 0 bridgehead atoms. The van der Waals surface area contributed by atoms with Gasteiger partial charge in [0.25, 0.3) is 0 Å². The maximum absolute atomic E-state index is 13.5. The van der Waals surface area contributed by atoms with Gasteiger partial charge in [-0.3, -0.25) is 4.99 Å². The molecule has 0 aliphatic carbocycles. The van der Waals surface area contributed by atoms with Crippen molar-refractivity contribution in [2.75, 3.05) is 20.1 Å². The molecule has 3 aromatic rings. The summed E-state index contributed by atoms with van der Waals surface area (Å²) < 4.78 is 15.8. The smallest absolute Gasteiger partial charge is 0.191 e. The SMILES string of the molecule is CN=C(NCCc1c[nH]c2ccc(F)cc12)NCCc1nnc2n1CCCCC2. The summed E-state index contributed by atoms with van der Waals surface area (Å²) in [6.45, 7) is 2.48. The van der Waals surface area contributed by atoms with Crippen LogP contribution in [0.4, 0.5) is 4.39 Å². The van der Waals surface area contributed by atoms with E-state index < -0.39 is 0 Å². The van der Waals surface area contributed by atoms with Crippen LogP contribution in [0.2, 0.25) is 0 Å². The lowest BCUT2D eigenvalue weighted by Crippen LogP contribution is -2.39. The molecule has 0 unspecified atom stereocenters. The minimum absolute atomic E-state index is 0.213. The molecule has 0 amide bonds. The Morgan fingerprint density at radius 2 is 2.03 bits per heavy atom. The predicted molar refractivity (Wildman–Crippen MR) is 113 cm³/mol. The molecule has 154 valence electrons. The van der Waals surface area contributed by atoms with E-state index in [1.165, 1.54) is 25.3 Å². The van der Waals surface area contributed by atoms with Crippen molar-refractivity contribution in [3.05, 3.63) is 47.4 Å². The second kappa shape index (κ2) is 9.07. The van der Waals surface area contributed by atoms with Crippen molar-refractivity contribution in [3.8, 4) is 0 Å². The zero-order chi connectivity index (χ0) is 20.1. The summed E-state index contributed by atoms with van der Waals surface area (Å²) in [4.78, 5) is 7.48. The fourth-order valence-electron chi connectivity index (χ4n) is 3.92. The van der Waals surface area contributed by atoms with Crippen LogP contribution in [0.1, 0.15) is 36.5 Å². The van der Waals surface area contributed by atoms with Crippen LogP contribution in [0.25, 0.3) is 10.9 Å². The van der Waals surface area contributed by atoms with Crippen molar-refractivity contribution in [2.24, 2.45) is 4.99 Å². The van der Waals surface area contributed by atoms with Crippen molar-refractivity contribution >= 4 is 16.9 Å². The highest BCUT2D eigenvalue weighted by atomic mass is 19.1. The molecule has 8 heteroatoms. The summed E-state index contributed by atoms with van der Waals surface area (Å²) in [6.07, 6.45) is 8.24. The van der Waals surface area contributed by atoms with Crippen LogP contribution < -0.4 is 10.6 Å². The third-order valence-electron chi connectivity index (χ3n) is 5.47. The first-order valence-corrected chi connectivity index (χ1v) is 10.4. The fourth-order valence-corrected chi connectivity index (χ4v) is 3.92. The molecule has 0 spiro atoms. The lowest BCUT2D eigenvalue weighted by molar-refractivity contribution is 0.600. The first kappa shape index (κ1) is 19.4. The molecule has 29 heavy (non-hydrogen) atoms. The molecule has 1 aliphatic rings. The Morgan fingerprint density at radius 1 is 1.17 bits per heavy atom. The number of rotatable bonds is 6. The fraction of sp³-hybridized carbons (Fsp3) is 0.476. The highest BCUT2D eigenvalue weighted by molar-refractivity contribution is 5.83. The number of nitrogens with zero attached hydrogens (tertiary/aromatic N) is 4. The van der Waals surface area contributed by atoms with Crippen LogP contribution in [0.5, 0.6) is 0 Å². The van der Waals surface area contributed by atoms with Crippen LogP contribution in [-0.2, 0) is 25.8 Å². The standard InChI is InChI=1S/C21H28FN7/c1-23-21(24-10-8-15-14-26-18-7-6-16(22)13-17(15)18)25-11-9-20-28-27-19-5-3-2-4-12-29(19)20/h6-7,13-14,26H,2-5,8-12H2,1H3,(H2,23,24,25). The highest BCUT2D eigenvalue weighted by Crippen LogP contribution is 2.19. The van der Waals surface area contributed by atoms with Crippen molar-refractivity contribution in [3.63, 3.8) is 0 Å². The summed E-state index contributed by atoms with van der Waals surface area (Å²) in [6, 6.07) is 4.82. The van der Waals surface area contributed by atoms with Gasteiger partial charge in [-0.1, -0.05) is 6.42 Å². The van der Waals surface area contributed by atoms with E-state index in [0.29, 0.717) is 6.54 Å². The molecule has 4 rings (SSSR count). The van der Waals surface area contributed by atoms with Gasteiger partial charge < -0.3 is 20.2 Å². The molecular weight excluding hydrogens is 369 g/mol. The molecule has 0 saturated heterocycles. The molecule has 0 atom stereocenters. The van der Waals surface area contributed by atoms with E-state index in [4.69, 9.17) is 0 Å². The number of halogens is 1. The number of fused-ring (bicyclic) bond motifs is 2. The molecule has 0 saturated carbocycles. The first-order valence-electron chi connectivity index (χ1n) is 10.4. The Labute approximate surface area is 169 Å². The van der Waals surface area contributed by atoms with E-state index >= 15 is 0 Å². The van der Waals surface area contributed by atoms with E-state index in [1.54, 1.807) is 19.2 Å². The van der Waals surface area contributed by atoms with Crippen LogP contribution in [0, 0.1) is 5.82 Å². The number of nitrogens with one attached hydrogen (secondary N) is 3. The second-order valence-corrected chi connectivity index (χ2v) is 7.42. The molecule has 3 heterocycles. The molecule has 0 fully saturated rings. The Balaban J connectivity index is 1.26. The van der Waals surface area contributed by atoms with Crippen molar-refractivity contribution in [2.45, 2.75) is 45.1 Å². The quantitative estimate of drug-likeness (QED) is 0.441. The molecule has 1 aromatic carbocycles. The summed E-state index contributed by atoms with van der Waals surface area (Å²) in [5.74, 6) is 2.71. The number of benzene rings is 1. The lowest BCUT2D eigenvalue weighted by Gasteiger charge is -2.12. The topological polar surface area (TPSA) is 82.9 Å². The number of aromatic amines is 1. The van der Waals surface area contributed by atoms with E-state index in [2.05, 4.69) is 35.4 Å². The van der Waals surface area contributed by atoms with Gasteiger partial charge in [0, 0.05) is 56.6 Å². The van der Waals surface area contributed by atoms with Gasteiger partial charge in [0.15, 0.2) is 5.96 Å². The van der Waals surface area contributed by atoms with Crippen LogP contribution in [-0.4, -0.2) is 45.8 Å². The number of guanidine groups is 1. The number of aryl methyl sites for hydroxylation is 1. The maximum atomic E-state index is 13.5. The van der Waals surface area contributed by atoms with Gasteiger partial charge in [-0.25, -0.2) is 4.39 Å². The van der Waals surface area contributed by atoms with E-state index in [9.17, 15) is 4.39 Å². The van der Waals surface area contributed by atoms with Crippen molar-refractivity contribution in [1.82, 2.24) is 30.4 Å². The summed E-state index contributed by atoms with van der Waals surface area (Å²) in [7, 11) is 1.76. The van der Waals surface area contributed by atoms with Gasteiger partial charge in [-0.05, 0) is 43.0 Å². The zero-order valence-electron chi connectivity index (χ0n) is 16.8. The summed E-state index contributed by atoms with van der Waals surface area (Å²) in [5, 5.41) is 16.3. The first-order chi connectivity index (χ1) is 14.2. The minimum atomic E-state index is -0.213. The average Bonchev–Trinajstić information content (AvgIpc) is 3.22. The molecule has 2 aromatic heterocycles. The Bertz CT molecular complexity index is 988. The zero-order valence-corrected chi connectivity index (χ0v) is 16.8. The van der Waals surface area contributed by atoms with Gasteiger partial charge >= 0.3 is 0 Å². The third-order valence-corrected chi connectivity index (χ3v) is 5.47. The van der Waals surface area contributed by atoms with Gasteiger partial charge in [-0.2, -0.15) is 0 Å². The normalized spacial score (nSPS) is 14.6. The molecule has 0 radical (unpaired) electrons.